The second-order valence-corrected chi connectivity index (χ2v) is 7.17. The summed E-state index contributed by atoms with van der Waals surface area (Å²) in [7, 11) is 0. The first-order valence-corrected chi connectivity index (χ1v) is 6.77. The van der Waals surface area contributed by atoms with Gasteiger partial charge in [0.1, 0.15) is 0 Å². The van der Waals surface area contributed by atoms with Crippen molar-refractivity contribution in [3.63, 3.8) is 0 Å². The van der Waals surface area contributed by atoms with Crippen LogP contribution in [0.2, 0.25) is 0 Å². The van der Waals surface area contributed by atoms with Gasteiger partial charge in [0.2, 0.25) is 0 Å². The molecule has 1 nitrogen and oxygen atoms in total. The van der Waals surface area contributed by atoms with Crippen LogP contribution in [0, 0.1) is 28.6 Å². The summed E-state index contributed by atoms with van der Waals surface area (Å²) < 4.78 is 0. The molecular weight excluding hydrogens is 196 g/mol. The third kappa shape index (κ3) is 1.01. The molecule has 3 aliphatic rings. The van der Waals surface area contributed by atoms with Crippen molar-refractivity contribution >= 4 is 0 Å². The van der Waals surface area contributed by atoms with Crippen LogP contribution < -0.4 is 0 Å². The summed E-state index contributed by atoms with van der Waals surface area (Å²) in [6.07, 6.45) is 4.71. The van der Waals surface area contributed by atoms with Crippen LogP contribution in [0.3, 0.4) is 0 Å². The molecule has 16 heavy (non-hydrogen) atoms. The van der Waals surface area contributed by atoms with Gasteiger partial charge in [-0.05, 0) is 59.8 Å². The van der Waals surface area contributed by atoms with Crippen LogP contribution in [0.25, 0.3) is 0 Å². The van der Waals surface area contributed by atoms with E-state index < -0.39 is 0 Å². The zero-order valence-corrected chi connectivity index (χ0v) is 10.8. The number of aliphatic hydroxyl groups excluding tert-OH is 1. The SMILES string of the molecule is C=C1[C@@H](O)C[C@@H]2[C@H]3CC[C@@H](C)[C@@]12CC3(C)C. The molecule has 90 valence electrons. The Balaban J connectivity index is 2.11. The topological polar surface area (TPSA) is 20.2 Å². The third-order valence-electron chi connectivity index (χ3n) is 6.17. The first-order valence-electron chi connectivity index (χ1n) is 6.77. The molecule has 0 unspecified atom stereocenters. The van der Waals surface area contributed by atoms with Gasteiger partial charge in [0.15, 0.2) is 0 Å². The van der Waals surface area contributed by atoms with E-state index in [1.165, 1.54) is 24.8 Å². The smallest absolute Gasteiger partial charge is 0.0756 e. The van der Waals surface area contributed by atoms with E-state index in [9.17, 15) is 5.11 Å². The Morgan fingerprint density at radius 1 is 1.25 bits per heavy atom. The predicted molar refractivity (Wildman–Crippen MR) is 66.0 cm³/mol. The number of hydrogen-bond donors (Lipinski definition) is 1. The summed E-state index contributed by atoms with van der Waals surface area (Å²) >= 11 is 0. The highest BCUT2D eigenvalue weighted by molar-refractivity contribution is 5.31. The van der Waals surface area contributed by atoms with Crippen molar-refractivity contribution in [2.75, 3.05) is 0 Å². The number of aliphatic hydroxyl groups is 1. The van der Waals surface area contributed by atoms with Crippen molar-refractivity contribution in [2.24, 2.45) is 28.6 Å². The Morgan fingerprint density at radius 2 is 1.94 bits per heavy atom. The number of hydrogen-bond acceptors (Lipinski definition) is 1. The highest BCUT2D eigenvalue weighted by Gasteiger charge is 2.66. The standard InChI is InChI=1S/C15H24O/c1-9-5-6-11-12-7-13(16)10(2)15(9,12)8-14(11,3)4/h9,11-13,16H,2,5-8H2,1,3-4H3/t9-,11-,12-,13+,15+/m1/s1. The van der Waals surface area contributed by atoms with Gasteiger partial charge in [0, 0.05) is 0 Å². The van der Waals surface area contributed by atoms with Gasteiger partial charge in [0.05, 0.1) is 6.10 Å². The van der Waals surface area contributed by atoms with E-state index in [1.54, 1.807) is 0 Å². The molecular formula is C15H24O. The highest BCUT2D eigenvalue weighted by Crippen LogP contribution is 2.72. The van der Waals surface area contributed by atoms with Gasteiger partial charge in [-0.1, -0.05) is 27.4 Å². The fraction of sp³-hybridized carbons (Fsp3) is 0.867. The molecule has 1 N–H and O–H groups in total. The minimum Gasteiger partial charge on any atom is -0.389 e. The van der Waals surface area contributed by atoms with E-state index in [0.717, 1.165) is 18.3 Å². The van der Waals surface area contributed by atoms with Crippen LogP contribution in [-0.2, 0) is 0 Å². The van der Waals surface area contributed by atoms with E-state index >= 15 is 0 Å². The summed E-state index contributed by atoms with van der Waals surface area (Å²) in [6, 6.07) is 0. The molecule has 2 bridgehead atoms. The maximum atomic E-state index is 10.1. The summed E-state index contributed by atoms with van der Waals surface area (Å²) in [6.45, 7) is 11.5. The molecule has 0 aromatic carbocycles. The molecule has 3 aliphatic carbocycles. The Labute approximate surface area is 98.9 Å². The lowest BCUT2D eigenvalue weighted by Crippen LogP contribution is -2.35. The molecule has 1 heteroatoms. The van der Waals surface area contributed by atoms with Gasteiger partial charge < -0.3 is 5.11 Å². The first-order chi connectivity index (χ1) is 7.39. The first kappa shape index (κ1) is 10.8. The molecule has 0 radical (unpaired) electrons. The second kappa shape index (κ2) is 2.93. The third-order valence-corrected chi connectivity index (χ3v) is 6.17. The molecule has 0 heterocycles. The fourth-order valence-electron chi connectivity index (χ4n) is 5.47. The van der Waals surface area contributed by atoms with Crippen LogP contribution in [0.1, 0.15) is 46.5 Å². The molecule has 0 aliphatic heterocycles. The fourth-order valence-corrected chi connectivity index (χ4v) is 5.47. The second-order valence-electron chi connectivity index (χ2n) is 7.17. The Kier molecular flexibility index (Phi) is 1.98. The zero-order chi connectivity index (χ0) is 11.7. The minimum atomic E-state index is -0.218. The monoisotopic (exact) mass is 220 g/mol. The van der Waals surface area contributed by atoms with E-state index in [0.29, 0.717) is 11.3 Å². The molecule has 3 rings (SSSR count). The Hall–Kier alpha value is -0.300. The maximum absolute atomic E-state index is 10.1. The van der Waals surface area contributed by atoms with Crippen molar-refractivity contribution in [3.8, 4) is 0 Å². The molecule has 3 fully saturated rings. The Bertz CT molecular complexity index is 343. The molecule has 0 aromatic rings. The van der Waals surface area contributed by atoms with Crippen molar-refractivity contribution in [3.05, 3.63) is 12.2 Å². The van der Waals surface area contributed by atoms with Crippen LogP contribution in [0.15, 0.2) is 12.2 Å². The van der Waals surface area contributed by atoms with Crippen molar-refractivity contribution in [1.29, 1.82) is 0 Å². The van der Waals surface area contributed by atoms with Gasteiger partial charge in [-0.15, -0.1) is 0 Å². The Morgan fingerprint density at radius 3 is 2.56 bits per heavy atom. The summed E-state index contributed by atoms with van der Waals surface area (Å²) in [5, 5.41) is 10.1. The summed E-state index contributed by atoms with van der Waals surface area (Å²) in [5.74, 6) is 2.26. The highest BCUT2D eigenvalue weighted by atomic mass is 16.3. The molecule has 3 saturated carbocycles. The van der Waals surface area contributed by atoms with Gasteiger partial charge in [0.25, 0.3) is 0 Å². The van der Waals surface area contributed by atoms with Crippen molar-refractivity contribution in [1.82, 2.24) is 0 Å². The molecule has 0 spiro atoms. The molecule has 0 amide bonds. The van der Waals surface area contributed by atoms with Gasteiger partial charge in [-0.3, -0.25) is 0 Å². The molecule has 5 atom stereocenters. The van der Waals surface area contributed by atoms with Crippen LogP contribution in [-0.4, -0.2) is 11.2 Å². The van der Waals surface area contributed by atoms with Crippen LogP contribution >= 0.6 is 0 Å². The van der Waals surface area contributed by atoms with E-state index in [2.05, 4.69) is 27.4 Å². The van der Waals surface area contributed by atoms with E-state index in [4.69, 9.17) is 0 Å². The molecule has 0 saturated heterocycles. The van der Waals surface area contributed by atoms with Crippen LogP contribution in [0.5, 0.6) is 0 Å². The van der Waals surface area contributed by atoms with E-state index in [1.807, 2.05) is 0 Å². The van der Waals surface area contributed by atoms with Crippen molar-refractivity contribution < 1.29 is 5.11 Å². The summed E-state index contributed by atoms with van der Waals surface area (Å²) in [5.41, 5.74) is 1.91. The van der Waals surface area contributed by atoms with Gasteiger partial charge in [-0.25, -0.2) is 0 Å². The predicted octanol–water partition coefficient (Wildman–Crippen LogP) is 3.39. The molecule has 0 aromatic heterocycles. The lowest BCUT2D eigenvalue weighted by Gasteiger charge is -2.42. The van der Waals surface area contributed by atoms with Gasteiger partial charge in [-0.2, -0.15) is 0 Å². The number of rotatable bonds is 0. The largest absolute Gasteiger partial charge is 0.389 e. The van der Waals surface area contributed by atoms with Crippen LogP contribution in [0.4, 0.5) is 0 Å². The maximum Gasteiger partial charge on any atom is 0.0756 e. The lowest BCUT2D eigenvalue weighted by molar-refractivity contribution is 0.0954. The van der Waals surface area contributed by atoms with Gasteiger partial charge >= 0.3 is 0 Å². The quantitative estimate of drug-likeness (QED) is 0.620. The van der Waals surface area contributed by atoms with E-state index in [-0.39, 0.29) is 11.5 Å². The zero-order valence-electron chi connectivity index (χ0n) is 10.8. The average Bonchev–Trinajstić information content (AvgIpc) is 2.51. The average molecular weight is 220 g/mol. The lowest BCUT2D eigenvalue weighted by atomic mass is 9.62. The normalized spacial score (nSPS) is 54.1. The van der Waals surface area contributed by atoms with Crippen molar-refractivity contribution in [2.45, 2.75) is 52.6 Å². The minimum absolute atomic E-state index is 0.218. The summed E-state index contributed by atoms with van der Waals surface area (Å²) in [4.78, 5) is 0.